The van der Waals surface area contributed by atoms with Crippen LogP contribution in [0.2, 0.25) is 5.02 Å². The van der Waals surface area contributed by atoms with Gasteiger partial charge < -0.3 is 19.7 Å². The predicted octanol–water partition coefficient (Wildman–Crippen LogP) is 3.36. The number of oxazole rings is 1. The molecule has 2 heterocycles. The van der Waals surface area contributed by atoms with Gasteiger partial charge in [0.1, 0.15) is 5.52 Å². The first kappa shape index (κ1) is 18.6. The molecule has 146 valence electrons. The van der Waals surface area contributed by atoms with Gasteiger partial charge in [0, 0.05) is 36.7 Å². The summed E-state index contributed by atoms with van der Waals surface area (Å²) < 4.78 is 5.84. The van der Waals surface area contributed by atoms with Crippen LogP contribution in [-0.4, -0.2) is 41.7 Å². The first-order valence-electron chi connectivity index (χ1n) is 9.84. The molecule has 4 rings (SSSR count). The summed E-state index contributed by atoms with van der Waals surface area (Å²) >= 11 is 6.01. The molecule has 1 saturated carbocycles. The summed E-state index contributed by atoms with van der Waals surface area (Å²) in [4.78, 5) is 19.3. The highest BCUT2D eigenvalue weighted by molar-refractivity contribution is 6.31. The van der Waals surface area contributed by atoms with E-state index < -0.39 is 0 Å². The highest BCUT2D eigenvalue weighted by atomic mass is 35.5. The van der Waals surface area contributed by atoms with Crippen LogP contribution in [0.5, 0.6) is 0 Å². The van der Waals surface area contributed by atoms with E-state index >= 15 is 0 Å². The van der Waals surface area contributed by atoms with Crippen molar-refractivity contribution in [3.8, 4) is 0 Å². The molecule has 0 spiro atoms. The van der Waals surface area contributed by atoms with Gasteiger partial charge in [0.25, 0.3) is 6.01 Å². The molecule has 1 aliphatic carbocycles. The van der Waals surface area contributed by atoms with Crippen molar-refractivity contribution in [2.45, 2.75) is 44.6 Å². The second-order valence-electron chi connectivity index (χ2n) is 7.79. The maximum absolute atomic E-state index is 12.6. The molecular formula is C20H26ClN3O3. The Morgan fingerprint density at radius 3 is 2.89 bits per heavy atom. The molecule has 2 atom stereocenters. The van der Waals surface area contributed by atoms with Crippen LogP contribution in [0.25, 0.3) is 11.1 Å². The smallest absolute Gasteiger partial charge is 0.298 e. The topological polar surface area (TPSA) is 78.6 Å². The molecule has 0 unspecified atom stereocenters. The molecule has 1 amide bonds. The summed E-state index contributed by atoms with van der Waals surface area (Å²) in [6.45, 7) is 1.73. The van der Waals surface area contributed by atoms with Crippen LogP contribution in [0.15, 0.2) is 22.6 Å². The Labute approximate surface area is 163 Å². The fourth-order valence-electron chi connectivity index (χ4n) is 4.26. The number of amides is 1. The molecule has 2 aromatic rings. The third-order valence-corrected chi connectivity index (χ3v) is 6.10. The standard InChI is InChI=1S/C20H26ClN3O3/c21-15-4-5-18-17(11-15)23-20(27-18)24-8-6-14(7-9-24)19(26)22-16-3-1-2-13(10-16)12-25/h4-5,11,13-14,16,25H,1-3,6-10,12H2,(H,22,26)/t13-,16+/m1/s1. The number of hydrogen-bond acceptors (Lipinski definition) is 5. The van der Waals surface area contributed by atoms with Crippen molar-refractivity contribution in [3.63, 3.8) is 0 Å². The Kier molecular flexibility index (Phi) is 5.55. The van der Waals surface area contributed by atoms with Gasteiger partial charge in [-0.05, 0) is 56.2 Å². The summed E-state index contributed by atoms with van der Waals surface area (Å²) in [5.41, 5.74) is 1.48. The lowest BCUT2D eigenvalue weighted by atomic mass is 9.85. The minimum absolute atomic E-state index is 0.0366. The zero-order valence-corrected chi connectivity index (χ0v) is 16.1. The van der Waals surface area contributed by atoms with Crippen molar-refractivity contribution >= 4 is 34.6 Å². The summed E-state index contributed by atoms with van der Waals surface area (Å²) in [5, 5.41) is 13.2. The molecule has 7 heteroatoms. The number of halogens is 1. The highest BCUT2D eigenvalue weighted by Gasteiger charge is 2.30. The maximum atomic E-state index is 12.6. The molecule has 2 fully saturated rings. The molecule has 2 aliphatic rings. The largest absolute Gasteiger partial charge is 0.423 e. The fraction of sp³-hybridized carbons (Fsp3) is 0.600. The molecule has 27 heavy (non-hydrogen) atoms. The number of piperidine rings is 1. The van der Waals surface area contributed by atoms with Crippen LogP contribution in [-0.2, 0) is 4.79 Å². The van der Waals surface area contributed by atoms with Crippen molar-refractivity contribution in [3.05, 3.63) is 23.2 Å². The monoisotopic (exact) mass is 391 g/mol. The second kappa shape index (κ2) is 8.07. The lowest BCUT2D eigenvalue weighted by molar-refractivity contribution is -0.126. The molecule has 1 aliphatic heterocycles. The number of fused-ring (bicyclic) bond motifs is 1. The van der Waals surface area contributed by atoms with Gasteiger partial charge in [0.2, 0.25) is 5.91 Å². The lowest BCUT2D eigenvalue weighted by Crippen LogP contribution is -2.45. The van der Waals surface area contributed by atoms with Crippen LogP contribution in [0.3, 0.4) is 0 Å². The van der Waals surface area contributed by atoms with E-state index in [0.29, 0.717) is 17.0 Å². The zero-order valence-electron chi connectivity index (χ0n) is 15.4. The lowest BCUT2D eigenvalue weighted by Gasteiger charge is -2.33. The van der Waals surface area contributed by atoms with E-state index in [1.165, 1.54) is 0 Å². The van der Waals surface area contributed by atoms with Crippen LogP contribution in [0.4, 0.5) is 6.01 Å². The average Bonchev–Trinajstić information content (AvgIpc) is 3.11. The third kappa shape index (κ3) is 4.22. The number of anilines is 1. The van der Waals surface area contributed by atoms with E-state index in [-0.39, 0.29) is 24.5 Å². The average molecular weight is 392 g/mol. The van der Waals surface area contributed by atoms with Crippen LogP contribution < -0.4 is 10.2 Å². The van der Waals surface area contributed by atoms with Gasteiger partial charge in [-0.2, -0.15) is 4.98 Å². The number of carbonyl (C=O) groups is 1. The number of aliphatic hydroxyl groups is 1. The van der Waals surface area contributed by atoms with E-state index in [1.54, 1.807) is 12.1 Å². The van der Waals surface area contributed by atoms with Crippen molar-refractivity contribution in [2.24, 2.45) is 11.8 Å². The molecule has 6 nitrogen and oxygen atoms in total. The number of benzene rings is 1. The number of carbonyl (C=O) groups excluding carboxylic acids is 1. The summed E-state index contributed by atoms with van der Waals surface area (Å²) in [5.74, 6) is 0.524. The third-order valence-electron chi connectivity index (χ3n) is 5.86. The van der Waals surface area contributed by atoms with Crippen molar-refractivity contribution in [1.29, 1.82) is 0 Å². The fourth-order valence-corrected chi connectivity index (χ4v) is 4.43. The SMILES string of the molecule is O=C(N[C@H]1CCC[C@@H](CO)C1)C1CCN(c2nc3cc(Cl)ccc3o2)CC1. The van der Waals surface area contributed by atoms with Crippen molar-refractivity contribution in [1.82, 2.24) is 10.3 Å². The number of aliphatic hydroxyl groups excluding tert-OH is 1. The van der Waals surface area contributed by atoms with Gasteiger partial charge in [0.05, 0.1) is 0 Å². The quantitative estimate of drug-likeness (QED) is 0.835. The second-order valence-corrected chi connectivity index (χ2v) is 8.23. The molecule has 0 radical (unpaired) electrons. The van der Waals surface area contributed by atoms with Gasteiger partial charge in [-0.1, -0.05) is 18.0 Å². The van der Waals surface area contributed by atoms with E-state index in [9.17, 15) is 9.90 Å². The van der Waals surface area contributed by atoms with E-state index in [2.05, 4.69) is 15.2 Å². The van der Waals surface area contributed by atoms with Crippen molar-refractivity contribution < 1.29 is 14.3 Å². The van der Waals surface area contributed by atoms with Gasteiger partial charge in [-0.3, -0.25) is 4.79 Å². The van der Waals surface area contributed by atoms with Gasteiger partial charge in [-0.25, -0.2) is 0 Å². The number of aromatic nitrogens is 1. The summed E-state index contributed by atoms with van der Waals surface area (Å²) in [6.07, 6.45) is 5.65. The molecule has 2 N–H and O–H groups in total. The Morgan fingerprint density at radius 2 is 2.11 bits per heavy atom. The van der Waals surface area contributed by atoms with Crippen LogP contribution >= 0.6 is 11.6 Å². The summed E-state index contributed by atoms with van der Waals surface area (Å²) in [7, 11) is 0. The van der Waals surface area contributed by atoms with Crippen molar-refractivity contribution in [2.75, 3.05) is 24.6 Å². The highest BCUT2D eigenvalue weighted by Crippen LogP contribution is 2.29. The minimum Gasteiger partial charge on any atom is -0.423 e. The first-order valence-corrected chi connectivity index (χ1v) is 10.2. The van der Waals surface area contributed by atoms with E-state index in [1.807, 2.05) is 6.07 Å². The Hall–Kier alpha value is -1.79. The van der Waals surface area contributed by atoms with Crippen LogP contribution in [0.1, 0.15) is 38.5 Å². The van der Waals surface area contributed by atoms with Crippen LogP contribution in [0, 0.1) is 11.8 Å². The van der Waals surface area contributed by atoms with E-state index in [0.717, 1.165) is 62.7 Å². The van der Waals surface area contributed by atoms with Gasteiger partial charge in [0.15, 0.2) is 5.58 Å². The Balaban J connectivity index is 1.32. The number of hydrogen-bond donors (Lipinski definition) is 2. The van der Waals surface area contributed by atoms with Gasteiger partial charge in [-0.15, -0.1) is 0 Å². The molecule has 1 aromatic heterocycles. The number of nitrogens with zero attached hydrogens (tertiary/aromatic N) is 2. The number of rotatable bonds is 4. The first-order chi connectivity index (χ1) is 13.1. The molecule has 1 saturated heterocycles. The van der Waals surface area contributed by atoms with E-state index in [4.69, 9.17) is 16.0 Å². The summed E-state index contributed by atoms with van der Waals surface area (Å²) in [6, 6.07) is 6.24. The molecule has 0 bridgehead atoms. The zero-order chi connectivity index (χ0) is 18.8. The van der Waals surface area contributed by atoms with Gasteiger partial charge >= 0.3 is 0 Å². The Bertz CT molecular complexity index is 801. The number of nitrogens with one attached hydrogen (secondary N) is 1. The Morgan fingerprint density at radius 1 is 1.30 bits per heavy atom. The molecular weight excluding hydrogens is 366 g/mol. The maximum Gasteiger partial charge on any atom is 0.298 e. The predicted molar refractivity (Wildman–Crippen MR) is 105 cm³/mol. The normalized spacial score (nSPS) is 24.3. The molecule has 1 aromatic carbocycles. The minimum atomic E-state index is 0.0366.